The number of halogens is 1. The number of benzene rings is 3. The van der Waals surface area contributed by atoms with Crippen LogP contribution in [0.1, 0.15) is 40.3 Å². The molecule has 0 bridgehead atoms. The normalized spacial score (nSPS) is 12.1. The molecule has 3 aromatic rings. The molecule has 0 saturated heterocycles. The van der Waals surface area contributed by atoms with Gasteiger partial charge in [0.15, 0.2) is 0 Å². The fraction of sp³-hybridized carbons (Fsp3) is 0.231. The second-order valence-corrected chi connectivity index (χ2v) is 10.7. The fourth-order valence-electron chi connectivity index (χ4n) is 3.64. The van der Waals surface area contributed by atoms with Crippen LogP contribution in [0.25, 0.3) is 0 Å². The summed E-state index contributed by atoms with van der Waals surface area (Å²) >= 11 is 3.45. The molecule has 0 spiro atoms. The smallest absolute Gasteiger partial charge is 0.240 e. The minimum absolute atomic E-state index is 0.0198. The van der Waals surface area contributed by atoms with E-state index in [-0.39, 0.29) is 23.8 Å². The maximum atomic E-state index is 12.9. The zero-order valence-corrected chi connectivity index (χ0v) is 21.4. The SMILES string of the molecule is Cc1ccc(S(=O)(=O)NCC(NC(=O)CCc2ccc(C#N)cc2Br)c2ccccc2)c(C)c1. The van der Waals surface area contributed by atoms with Crippen LogP contribution in [0.3, 0.4) is 0 Å². The fourth-order valence-corrected chi connectivity index (χ4v) is 5.49. The van der Waals surface area contributed by atoms with Crippen molar-refractivity contribution in [3.8, 4) is 6.07 Å². The Morgan fingerprint density at radius 2 is 1.79 bits per heavy atom. The van der Waals surface area contributed by atoms with E-state index in [4.69, 9.17) is 5.26 Å². The van der Waals surface area contributed by atoms with E-state index in [1.54, 1.807) is 31.2 Å². The van der Waals surface area contributed by atoms with Crippen LogP contribution in [0.5, 0.6) is 0 Å². The van der Waals surface area contributed by atoms with Crippen molar-refractivity contribution in [1.82, 2.24) is 10.0 Å². The van der Waals surface area contributed by atoms with E-state index < -0.39 is 16.1 Å². The lowest BCUT2D eigenvalue weighted by molar-refractivity contribution is -0.121. The van der Waals surface area contributed by atoms with Crippen LogP contribution in [0.15, 0.2) is 76.1 Å². The van der Waals surface area contributed by atoms with Gasteiger partial charge in [-0.05, 0) is 55.2 Å². The van der Waals surface area contributed by atoms with Gasteiger partial charge in [0.1, 0.15) is 0 Å². The number of nitriles is 1. The Kier molecular flexibility index (Phi) is 8.61. The van der Waals surface area contributed by atoms with E-state index in [2.05, 4.69) is 32.0 Å². The Bertz CT molecular complexity index is 1320. The van der Waals surface area contributed by atoms with Crippen molar-refractivity contribution in [3.05, 3.63) is 99.0 Å². The number of hydrogen-bond donors (Lipinski definition) is 2. The molecule has 1 atom stereocenters. The summed E-state index contributed by atoms with van der Waals surface area (Å²) in [6.45, 7) is 3.69. The van der Waals surface area contributed by atoms with Gasteiger partial charge in [0, 0.05) is 17.4 Å². The van der Waals surface area contributed by atoms with Crippen LogP contribution < -0.4 is 10.0 Å². The Labute approximate surface area is 209 Å². The molecular weight excluding hydrogens is 514 g/mol. The lowest BCUT2D eigenvalue weighted by Crippen LogP contribution is -2.38. The Balaban J connectivity index is 1.70. The Morgan fingerprint density at radius 1 is 1.06 bits per heavy atom. The highest BCUT2D eigenvalue weighted by Crippen LogP contribution is 2.21. The van der Waals surface area contributed by atoms with Gasteiger partial charge in [-0.25, -0.2) is 13.1 Å². The Morgan fingerprint density at radius 3 is 2.44 bits per heavy atom. The predicted octanol–water partition coefficient (Wildman–Crippen LogP) is 4.71. The molecule has 0 fully saturated rings. The molecule has 0 radical (unpaired) electrons. The molecule has 0 aliphatic carbocycles. The highest BCUT2D eigenvalue weighted by molar-refractivity contribution is 9.10. The van der Waals surface area contributed by atoms with Crippen LogP contribution in [-0.4, -0.2) is 20.9 Å². The zero-order valence-electron chi connectivity index (χ0n) is 19.0. The summed E-state index contributed by atoms with van der Waals surface area (Å²) in [6, 6.07) is 21.3. The number of sulfonamides is 1. The molecule has 2 N–H and O–H groups in total. The summed E-state index contributed by atoms with van der Waals surface area (Å²) in [4.78, 5) is 13.0. The van der Waals surface area contributed by atoms with E-state index >= 15 is 0 Å². The van der Waals surface area contributed by atoms with Crippen molar-refractivity contribution in [1.29, 1.82) is 5.26 Å². The molecule has 3 rings (SSSR count). The molecule has 34 heavy (non-hydrogen) atoms. The molecule has 3 aromatic carbocycles. The van der Waals surface area contributed by atoms with Crippen LogP contribution in [0.2, 0.25) is 0 Å². The monoisotopic (exact) mass is 539 g/mol. The van der Waals surface area contributed by atoms with Gasteiger partial charge in [-0.15, -0.1) is 0 Å². The van der Waals surface area contributed by atoms with E-state index in [0.717, 1.165) is 21.2 Å². The zero-order chi connectivity index (χ0) is 24.7. The molecule has 1 amide bonds. The van der Waals surface area contributed by atoms with Crippen molar-refractivity contribution in [3.63, 3.8) is 0 Å². The summed E-state index contributed by atoms with van der Waals surface area (Å²) in [5, 5.41) is 12.0. The third-order valence-electron chi connectivity index (χ3n) is 5.44. The van der Waals surface area contributed by atoms with E-state index in [0.29, 0.717) is 17.5 Å². The Hall–Kier alpha value is -2.99. The standard InChI is InChI=1S/C26H26BrN3O3S/c1-18-8-12-25(19(2)14-18)34(32,33)29-17-24(22-6-4-3-5-7-22)30-26(31)13-11-21-10-9-20(16-28)15-23(21)27/h3-10,12,14-15,24,29H,11,13,17H2,1-2H3,(H,30,31). The van der Waals surface area contributed by atoms with Crippen molar-refractivity contribution < 1.29 is 13.2 Å². The summed E-state index contributed by atoms with van der Waals surface area (Å²) in [5.41, 5.74) is 3.92. The number of aryl methyl sites for hydroxylation is 3. The van der Waals surface area contributed by atoms with Crippen molar-refractivity contribution >= 4 is 31.9 Å². The number of hydrogen-bond acceptors (Lipinski definition) is 4. The summed E-state index contributed by atoms with van der Waals surface area (Å²) in [7, 11) is -3.75. The molecule has 0 saturated carbocycles. The van der Waals surface area contributed by atoms with Gasteiger partial charge in [0.25, 0.3) is 0 Å². The predicted molar refractivity (Wildman–Crippen MR) is 136 cm³/mol. The highest BCUT2D eigenvalue weighted by Gasteiger charge is 2.21. The lowest BCUT2D eigenvalue weighted by atomic mass is 10.1. The van der Waals surface area contributed by atoms with Crippen LogP contribution in [0.4, 0.5) is 0 Å². The van der Waals surface area contributed by atoms with Gasteiger partial charge in [-0.3, -0.25) is 4.79 Å². The van der Waals surface area contributed by atoms with E-state index in [1.807, 2.05) is 49.4 Å². The van der Waals surface area contributed by atoms with Gasteiger partial charge in [-0.1, -0.05) is 70.0 Å². The quantitative estimate of drug-likeness (QED) is 0.411. The molecule has 1 unspecified atom stereocenters. The number of carbonyl (C=O) groups is 1. The van der Waals surface area contributed by atoms with Crippen molar-refractivity contribution in [2.24, 2.45) is 0 Å². The molecule has 0 aliphatic heterocycles. The highest BCUT2D eigenvalue weighted by atomic mass is 79.9. The van der Waals surface area contributed by atoms with Crippen LogP contribution >= 0.6 is 15.9 Å². The average Bonchev–Trinajstić information content (AvgIpc) is 2.81. The number of nitrogens with zero attached hydrogens (tertiary/aromatic N) is 1. The van der Waals surface area contributed by atoms with Gasteiger partial charge in [0.05, 0.1) is 22.6 Å². The maximum absolute atomic E-state index is 12.9. The second kappa shape index (κ2) is 11.4. The molecule has 176 valence electrons. The minimum atomic E-state index is -3.75. The topological polar surface area (TPSA) is 99.1 Å². The number of amides is 1. The largest absolute Gasteiger partial charge is 0.348 e. The van der Waals surface area contributed by atoms with Gasteiger partial charge < -0.3 is 5.32 Å². The minimum Gasteiger partial charge on any atom is -0.348 e. The third kappa shape index (κ3) is 6.76. The molecular formula is C26H26BrN3O3S. The summed E-state index contributed by atoms with van der Waals surface area (Å²) in [5.74, 6) is -0.198. The molecule has 0 aromatic heterocycles. The molecule has 8 heteroatoms. The molecule has 0 heterocycles. The van der Waals surface area contributed by atoms with Gasteiger partial charge in [-0.2, -0.15) is 5.26 Å². The maximum Gasteiger partial charge on any atom is 0.240 e. The lowest BCUT2D eigenvalue weighted by Gasteiger charge is -2.20. The van der Waals surface area contributed by atoms with E-state index in [9.17, 15) is 13.2 Å². The molecule has 0 aliphatic rings. The number of carbonyl (C=O) groups excluding carboxylic acids is 1. The third-order valence-corrected chi connectivity index (χ3v) is 7.76. The van der Waals surface area contributed by atoms with Gasteiger partial charge in [0.2, 0.25) is 15.9 Å². The number of rotatable bonds is 9. The van der Waals surface area contributed by atoms with Crippen LogP contribution in [-0.2, 0) is 21.2 Å². The first kappa shape index (κ1) is 25.6. The van der Waals surface area contributed by atoms with Crippen molar-refractivity contribution in [2.45, 2.75) is 37.6 Å². The average molecular weight is 540 g/mol. The van der Waals surface area contributed by atoms with Crippen molar-refractivity contribution in [2.75, 3.05) is 6.54 Å². The first-order chi connectivity index (χ1) is 16.2. The van der Waals surface area contributed by atoms with Gasteiger partial charge >= 0.3 is 0 Å². The summed E-state index contributed by atoms with van der Waals surface area (Å²) in [6.07, 6.45) is 0.700. The number of nitrogens with one attached hydrogen (secondary N) is 2. The van der Waals surface area contributed by atoms with E-state index in [1.165, 1.54) is 0 Å². The summed E-state index contributed by atoms with van der Waals surface area (Å²) < 4.78 is 29.3. The van der Waals surface area contributed by atoms with Crippen LogP contribution in [0, 0.1) is 25.2 Å². The second-order valence-electron chi connectivity index (χ2n) is 8.07. The molecule has 6 nitrogen and oxygen atoms in total. The first-order valence-corrected chi connectivity index (χ1v) is 13.1. The first-order valence-electron chi connectivity index (χ1n) is 10.8.